The van der Waals surface area contributed by atoms with Crippen molar-refractivity contribution in [3.63, 3.8) is 0 Å². The molecule has 0 bridgehead atoms. The molecule has 3 aromatic carbocycles. The van der Waals surface area contributed by atoms with Crippen molar-refractivity contribution in [3.8, 4) is 5.75 Å². The standard InChI is InChI=1S/C27H22ClN3O5/c1-16-7-6-10-22(17(16)2)29-24(32)15-36-23-12-11-19(28)13-18(23)14-21-25(33)30-27(35)31(26(21)34)20-8-4-3-5-9-20/h3-14H,15H2,1-2H3,(H,29,32)(H,30,33,35)/b21-14-. The highest BCUT2D eigenvalue weighted by Gasteiger charge is 2.36. The number of benzene rings is 3. The van der Waals surface area contributed by atoms with Crippen LogP contribution in [0, 0.1) is 13.8 Å². The van der Waals surface area contributed by atoms with Crippen LogP contribution in [0.2, 0.25) is 5.02 Å². The summed E-state index contributed by atoms with van der Waals surface area (Å²) in [6, 6.07) is 17.6. The van der Waals surface area contributed by atoms with Crippen molar-refractivity contribution >= 4 is 52.8 Å². The SMILES string of the molecule is Cc1cccc(NC(=O)COc2ccc(Cl)cc2/C=C2/C(=O)NC(=O)N(c3ccccc3)C2=O)c1C. The van der Waals surface area contributed by atoms with Gasteiger partial charge < -0.3 is 10.1 Å². The molecule has 0 aromatic heterocycles. The van der Waals surface area contributed by atoms with Gasteiger partial charge in [0.05, 0.1) is 5.69 Å². The molecule has 9 heteroatoms. The van der Waals surface area contributed by atoms with Gasteiger partial charge in [0.1, 0.15) is 11.3 Å². The van der Waals surface area contributed by atoms with Gasteiger partial charge in [-0.25, -0.2) is 9.69 Å². The van der Waals surface area contributed by atoms with E-state index in [0.29, 0.717) is 22.0 Å². The molecule has 0 saturated carbocycles. The van der Waals surface area contributed by atoms with E-state index in [1.165, 1.54) is 18.2 Å². The highest BCUT2D eigenvalue weighted by molar-refractivity contribution is 6.39. The number of hydrogen-bond donors (Lipinski definition) is 2. The van der Waals surface area contributed by atoms with Crippen molar-refractivity contribution < 1.29 is 23.9 Å². The van der Waals surface area contributed by atoms with Crippen LogP contribution in [-0.4, -0.2) is 30.4 Å². The number of carbonyl (C=O) groups is 4. The first-order valence-corrected chi connectivity index (χ1v) is 11.4. The molecule has 1 saturated heterocycles. The Balaban J connectivity index is 1.58. The Hall–Kier alpha value is -4.43. The molecule has 1 heterocycles. The summed E-state index contributed by atoms with van der Waals surface area (Å²) in [5.41, 5.74) is 2.98. The summed E-state index contributed by atoms with van der Waals surface area (Å²) in [4.78, 5) is 51.4. The van der Waals surface area contributed by atoms with Gasteiger partial charge in [0.15, 0.2) is 6.61 Å². The van der Waals surface area contributed by atoms with Gasteiger partial charge in [0.2, 0.25) is 0 Å². The summed E-state index contributed by atoms with van der Waals surface area (Å²) in [5, 5.41) is 5.31. The summed E-state index contributed by atoms with van der Waals surface area (Å²) in [6.45, 7) is 3.54. The number of para-hydroxylation sites is 1. The van der Waals surface area contributed by atoms with Gasteiger partial charge in [-0.15, -0.1) is 0 Å². The molecule has 4 rings (SSSR count). The number of imide groups is 2. The third-order valence-electron chi connectivity index (χ3n) is 5.63. The van der Waals surface area contributed by atoms with Crippen LogP contribution in [-0.2, 0) is 14.4 Å². The average molecular weight is 504 g/mol. The van der Waals surface area contributed by atoms with E-state index in [1.54, 1.807) is 42.5 Å². The number of rotatable bonds is 6. The molecule has 3 aromatic rings. The summed E-state index contributed by atoms with van der Waals surface area (Å²) in [5.74, 6) is -1.80. The molecular formula is C27H22ClN3O5. The van der Waals surface area contributed by atoms with Crippen molar-refractivity contribution in [3.05, 3.63) is 94.0 Å². The first-order valence-electron chi connectivity index (χ1n) is 11.0. The van der Waals surface area contributed by atoms with Crippen molar-refractivity contribution in [2.75, 3.05) is 16.8 Å². The Morgan fingerprint density at radius 3 is 2.53 bits per heavy atom. The number of nitrogens with one attached hydrogen (secondary N) is 2. The van der Waals surface area contributed by atoms with Gasteiger partial charge in [-0.3, -0.25) is 19.7 Å². The fourth-order valence-corrected chi connectivity index (χ4v) is 3.78. The number of amides is 5. The van der Waals surface area contributed by atoms with Crippen LogP contribution in [0.4, 0.5) is 16.2 Å². The number of ether oxygens (including phenoxy) is 1. The van der Waals surface area contributed by atoms with E-state index in [-0.39, 0.29) is 23.8 Å². The number of nitrogens with zero attached hydrogens (tertiary/aromatic N) is 1. The van der Waals surface area contributed by atoms with Gasteiger partial charge in [-0.05, 0) is 67.4 Å². The summed E-state index contributed by atoms with van der Waals surface area (Å²) >= 11 is 6.14. The number of hydrogen-bond acceptors (Lipinski definition) is 5. The summed E-state index contributed by atoms with van der Waals surface area (Å²) < 4.78 is 5.70. The van der Waals surface area contributed by atoms with Gasteiger partial charge in [-0.2, -0.15) is 0 Å². The van der Waals surface area contributed by atoms with E-state index in [0.717, 1.165) is 16.0 Å². The van der Waals surface area contributed by atoms with Crippen molar-refractivity contribution in [1.29, 1.82) is 0 Å². The normalized spacial score (nSPS) is 14.6. The summed E-state index contributed by atoms with van der Waals surface area (Å²) in [7, 11) is 0. The number of barbiturate groups is 1. The molecule has 2 N–H and O–H groups in total. The van der Waals surface area contributed by atoms with Gasteiger partial charge in [0, 0.05) is 16.3 Å². The lowest BCUT2D eigenvalue weighted by atomic mass is 10.1. The molecule has 5 amide bonds. The van der Waals surface area contributed by atoms with Crippen LogP contribution in [0.25, 0.3) is 6.08 Å². The molecule has 0 spiro atoms. The molecule has 0 atom stereocenters. The predicted octanol–water partition coefficient (Wildman–Crippen LogP) is 4.64. The minimum Gasteiger partial charge on any atom is -0.483 e. The van der Waals surface area contributed by atoms with E-state index >= 15 is 0 Å². The second-order valence-electron chi connectivity index (χ2n) is 8.06. The second-order valence-corrected chi connectivity index (χ2v) is 8.50. The van der Waals surface area contributed by atoms with E-state index in [4.69, 9.17) is 16.3 Å². The molecular weight excluding hydrogens is 482 g/mol. The number of aryl methyl sites for hydroxylation is 1. The largest absolute Gasteiger partial charge is 0.483 e. The van der Waals surface area contributed by atoms with E-state index in [2.05, 4.69) is 10.6 Å². The average Bonchev–Trinajstić information content (AvgIpc) is 2.84. The predicted molar refractivity (Wildman–Crippen MR) is 137 cm³/mol. The Kier molecular flexibility index (Phi) is 7.17. The molecule has 1 aliphatic rings. The quantitative estimate of drug-likeness (QED) is 0.376. The topological polar surface area (TPSA) is 105 Å². The number of urea groups is 1. The maximum Gasteiger partial charge on any atom is 0.335 e. The lowest BCUT2D eigenvalue weighted by molar-refractivity contribution is -0.122. The molecule has 0 aliphatic carbocycles. The van der Waals surface area contributed by atoms with E-state index < -0.39 is 17.8 Å². The minimum atomic E-state index is -0.851. The molecule has 0 unspecified atom stereocenters. The van der Waals surface area contributed by atoms with Crippen LogP contribution in [0.5, 0.6) is 5.75 Å². The number of halogens is 1. The van der Waals surface area contributed by atoms with Crippen LogP contribution in [0.15, 0.2) is 72.3 Å². The summed E-state index contributed by atoms with van der Waals surface area (Å²) in [6.07, 6.45) is 1.28. The zero-order chi connectivity index (χ0) is 25.8. The zero-order valence-electron chi connectivity index (χ0n) is 19.5. The van der Waals surface area contributed by atoms with E-state index in [1.807, 2.05) is 26.0 Å². The van der Waals surface area contributed by atoms with Gasteiger partial charge in [-0.1, -0.05) is 41.9 Å². The fraction of sp³-hybridized carbons (Fsp3) is 0.111. The Morgan fingerprint density at radius 1 is 1.03 bits per heavy atom. The van der Waals surface area contributed by atoms with Crippen molar-refractivity contribution in [2.24, 2.45) is 0 Å². The molecule has 1 fully saturated rings. The molecule has 8 nitrogen and oxygen atoms in total. The van der Waals surface area contributed by atoms with E-state index in [9.17, 15) is 19.2 Å². The smallest absolute Gasteiger partial charge is 0.335 e. The monoisotopic (exact) mass is 503 g/mol. The molecule has 182 valence electrons. The lowest BCUT2D eigenvalue weighted by Crippen LogP contribution is -2.54. The van der Waals surface area contributed by atoms with Crippen LogP contribution < -0.4 is 20.3 Å². The Bertz CT molecular complexity index is 1400. The second kappa shape index (κ2) is 10.5. The van der Waals surface area contributed by atoms with Gasteiger partial charge >= 0.3 is 6.03 Å². The fourth-order valence-electron chi connectivity index (χ4n) is 3.60. The number of carbonyl (C=O) groups excluding carboxylic acids is 4. The van der Waals surface area contributed by atoms with Crippen molar-refractivity contribution in [1.82, 2.24) is 5.32 Å². The first kappa shape index (κ1) is 24.7. The highest BCUT2D eigenvalue weighted by atomic mass is 35.5. The Labute approximate surface area is 212 Å². The van der Waals surface area contributed by atoms with Crippen LogP contribution in [0.3, 0.4) is 0 Å². The molecule has 1 aliphatic heterocycles. The zero-order valence-corrected chi connectivity index (χ0v) is 20.3. The minimum absolute atomic E-state index is 0.228. The van der Waals surface area contributed by atoms with Gasteiger partial charge in [0.25, 0.3) is 17.7 Å². The van der Waals surface area contributed by atoms with Crippen molar-refractivity contribution in [2.45, 2.75) is 13.8 Å². The van der Waals surface area contributed by atoms with Crippen LogP contribution >= 0.6 is 11.6 Å². The number of anilines is 2. The molecule has 0 radical (unpaired) electrons. The van der Waals surface area contributed by atoms with Crippen LogP contribution in [0.1, 0.15) is 16.7 Å². The maximum atomic E-state index is 13.1. The first-order chi connectivity index (χ1) is 17.2. The Morgan fingerprint density at radius 2 is 1.78 bits per heavy atom. The third kappa shape index (κ3) is 5.29. The maximum absolute atomic E-state index is 13.1. The highest BCUT2D eigenvalue weighted by Crippen LogP contribution is 2.28. The molecule has 36 heavy (non-hydrogen) atoms. The lowest BCUT2D eigenvalue weighted by Gasteiger charge is -2.26. The third-order valence-corrected chi connectivity index (χ3v) is 5.86.